The predicted molar refractivity (Wildman–Crippen MR) is 143 cm³/mol. The molecule has 2 rings (SSSR count). The molecule has 0 bridgehead atoms. The molecule has 0 aromatic heterocycles. The lowest BCUT2D eigenvalue weighted by Gasteiger charge is -2.36. The SMILES string of the molecule is C=CCO[C@@H]([C@H](OCc1ccccc1)[C@H](COC(C)=O)OCC=C)[C@@H](COCc1ccccc1)OC(C)=O. The van der Waals surface area contributed by atoms with Crippen molar-refractivity contribution < 1.29 is 38.0 Å². The maximum atomic E-state index is 12.1. The fraction of sp³-hybridized carbons (Fsp3) is 0.400. The van der Waals surface area contributed by atoms with Crippen molar-refractivity contribution in [2.75, 3.05) is 26.4 Å². The molecule has 2 aromatic carbocycles. The number of rotatable bonds is 19. The van der Waals surface area contributed by atoms with Gasteiger partial charge in [-0.2, -0.15) is 0 Å². The molecule has 0 N–H and O–H groups in total. The van der Waals surface area contributed by atoms with Crippen LogP contribution in [-0.4, -0.2) is 62.8 Å². The van der Waals surface area contributed by atoms with E-state index in [-0.39, 0.29) is 33.0 Å². The maximum Gasteiger partial charge on any atom is 0.303 e. The number of esters is 2. The second-order valence-electron chi connectivity index (χ2n) is 8.46. The number of hydrogen-bond donors (Lipinski definition) is 0. The van der Waals surface area contributed by atoms with Crippen LogP contribution in [0.5, 0.6) is 0 Å². The molecule has 8 nitrogen and oxygen atoms in total. The Kier molecular flexibility index (Phi) is 14.7. The van der Waals surface area contributed by atoms with Gasteiger partial charge in [-0.1, -0.05) is 72.8 Å². The van der Waals surface area contributed by atoms with E-state index in [1.165, 1.54) is 13.8 Å². The van der Waals surface area contributed by atoms with Gasteiger partial charge in [0.1, 0.15) is 24.9 Å². The molecular weight excluding hydrogens is 488 g/mol. The van der Waals surface area contributed by atoms with Crippen molar-refractivity contribution in [3.8, 4) is 0 Å². The van der Waals surface area contributed by atoms with Crippen molar-refractivity contribution in [3.63, 3.8) is 0 Å². The van der Waals surface area contributed by atoms with Crippen LogP contribution in [-0.2, 0) is 51.2 Å². The fourth-order valence-corrected chi connectivity index (χ4v) is 3.68. The number of hydrogen-bond acceptors (Lipinski definition) is 8. The molecule has 0 fully saturated rings. The van der Waals surface area contributed by atoms with E-state index < -0.39 is 36.4 Å². The Labute approximate surface area is 225 Å². The molecule has 0 aliphatic rings. The molecule has 4 atom stereocenters. The van der Waals surface area contributed by atoms with E-state index in [0.29, 0.717) is 6.61 Å². The fourth-order valence-electron chi connectivity index (χ4n) is 3.68. The van der Waals surface area contributed by atoms with E-state index in [1.54, 1.807) is 12.2 Å². The van der Waals surface area contributed by atoms with Crippen LogP contribution < -0.4 is 0 Å². The zero-order valence-electron chi connectivity index (χ0n) is 22.2. The van der Waals surface area contributed by atoms with Gasteiger partial charge < -0.3 is 28.4 Å². The summed E-state index contributed by atoms with van der Waals surface area (Å²) in [6, 6.07) is 19.2. The van der Waals surface area contributed by atoms with Gasteiger partial charge in [0.25, 0.3) is 0 Å². The Morgan fingerprint density at radius 1 is 0.711 bits per heavy atom. The van der Waals surface area contributed by atoms with E-state index in [4.69, 9.17) is 28.4 Å². The highest BCUT2D eigenvalue weighted by molar-refractivity contribution is 5.66. The highest BCUT2D eigenvalue weighted by atomic mass is 16.6. The minimum Gasteiger partial charge on any atom is -0.463 e. The molecule has 206 valence electrons. The Morgan fingerprint density at radius 3 is 1.82 bits per heavy atom. The first kappa shape index (κ1) is 30.9. The van der Waals surface area contributed by atoms with Crippen LogP contribution in [0.15, 0.2) is 86.0 Å². The van der Waals surface area contributed by atoms with Crippen LogP contribution in [0.2, 0.25) is 0 Å². The smallest absolute Gasteiger partial charge is 0.303 e. The third-order valence-electron chi connectivity index (χ3n) is 5.34. The second-order valence-corrected chi connectivity index (χ2v) is 8.46. The van der Waals surface area contributed by atoms with Crippen LogP contribution in [0.25, 0.3) is 0 Å². The van der Waals surface area contributed by atoms with Crippen molar-refractivity contribution >= 4 is 11.9 Å². The summed E-state index contributed by atoms with van der Waals surface area (Å²) in [4.78, 5) is 23.8. The summed E-state index contributed by atoms with van der Waals surface area (Å²) in [5.74, 6) is -0.971. The number of benzene rings is 2. The second kappa shape index (κ2) is 18.0. The van der Waals surface area contributed by atoms with Crippen LogP contribution >= 0.6 is 0 Å². The Bertz CT molecular complexity index is 963. The van der Waals surface area contributed by atoms with Crippen LogP contribution in [0, 0.1) is 0 Å². The first-order valence-corrected chi connectivity index (χ1v) is 12.5. The van der Waals surface area contributed by atoms with E-state index in [0.717, 1.165) is 11.1 Å². The summed E-state index contributed by atoms with van der Waals surface area (Å²) in [7, 11) is 0. The highest BCUT2D eigenvalue weighted by Crippen LogP contribution is 2.22. The Morgan fingerprint density at radius 2 is 1.26 bits per heavy atom. The molecule has 0 amide bonds. The molecule has 0 spiro atoms. The quantitative estimate of drug-likeness (QED) is 0.196. The zero-order chi connectivity index (χ0) is 27.6. The number of carbonyl (C=O) groups excluding carboxylic acids is 2. The third kappa shape index (κ3) is 11.8. The van der Waals surface area contributed by atoms with Gasteiger partial charge in [0, 0.05) is 13.8 Å². The molecule has 0 unspecified atom stereocenters. The Hall–Kier alpha value is -3.30. The van der Waals surface area contributed by atoms with E-state index in [9.17, 15) is 9.59 Å². The largest absolute Gasteiger partial charge is 0.463 e. The average Bonchev–Trinajstić information content (AvgIpc) is 2.91. The van der Waals surface area contributed by atoms with Crippen LogP contribution in [0.4, 0.5) is 0 Å². The van der Waals surface area contributed by atoms with Crippen LogP contribution in [0.1, 0.15) is 25.0 Å². The minimum absolute atomic E-state index is 0.0310. The number of ether oxygens (including phenoxy) is 6. The third-order valence-corrected chi connectivity index (χ3v) is 5.34. The van der Waals surface area contributed by atoms with Gasteiger partial charge in [0.15, 0.2) is 6.10 Å². The summed E-state index contributed by atoms with van der Waals surface area (Å²) in [6.07, 6.45) is -0.114. The van der Waals surface area contributed by atoms with Crippen molar-refractivity contribution in [2.45, 2.75) is 51.5 Å². The van der Waals surface area contributed by atoms with Gasteiger partial charge in [-0.25, -0.2) is 0 Å². The molecule has 8 heteroatoms. The normalized spacial score (nSPS) is 14.1. The molecule has 0 saturated carbocycles. The first-order chi connectivity index (χ1) is 18.4. The van der Waals surface area contributed by atoms with Crippen molar-refractivity contribution in [2.24, 2.45) is 0 Å². The summed E-state index contributed by atoms with van der Waals surface area (Å²) in [6.45, 7) is 10.9. The molecule has 0 radical (unpaired) electrons. The molecule has 0 aliphatic heterocycles. The molecule has 38 heavy (non-hydrogen) atoms. The van der Waals surface area contributed by atoms with Gasteiger partial charge in [0.2, 0.25) is 0 Å². The molecule has 0 aliphatic carbocycles. The van der Waals surface area contributed by atoms with Gasteiger partial charge >= 0.3 is 11.9 Å². The van der Waals surface area contributed by atoms with Gasteiger partial charge in [-0.05, 0) is 11.1 Å². The number of carbonyl (C=O) groups is 2. The Balaban J connectivity index is 2.36. The minimum atomic E-state index is -0.857. The lowest BCUT2D eigenvalue weighted by atomic mass is 10.0. The molecule has 0 heterocycles. The first-order valence-electron chi connectivity index (χ1n) is 12.5. The lowest BCUT2D eigenvalue weighted by Crippen LogP contribution is -2.53. The van der Waals surface area contributed by atoms with Gasteiger partial charge in [-0.3, -0.25) is 9.59 Å². The predicted octanol–water partition coefficient (Wildman–Crippen LogP) is 4.43. The molecule has 2 aromatic rings. The van der Waals surface area contributed by atoms with Gasteiger partial charge in [0.05, 0.1) is 33.0 Å². The van der Waals surface area contributed by atoms with Crippen molar-refractivity contribution in [1.82, 2.24) is 0 Å². The molecule has 0 saturated heterocycles. The maximum absolute atomic E-state index is 12.1. The summed E-state index contributed by atoms with van der Waals surface area (Å²) in [5, 5.41) is 0. The standard InChI is InChI=1S/C30H38O8/c1-5-17-34-27(22-36-23(3)31)29(37-20-26-15-11-8-12-16-26)30(35-18-6-2)28(38-24(4)32)21-33-19-25-13-9-7-10-14-25/h5-16,27-30H,1-2,17-22H2,3-4H3/t27-,28+,29+,30+/m0/s1. The van der Waals surface area contributed by atoms with Crippen LogP contribution in [0.3, 0.4) is 0 Å². The monoisotopic (exact) mass is 526 g/mol. The van der Waals surface area contributed by atoms with Crippen molar-refractivity contribution in [1.29, 1.82) is 0 Å². The van der Waals surface area contributed by atoms with Gasteiger partial charge in [-0.15, -0.1) is 13.2 Å². The highest BCUT2D eigenvalue weighted by Gasteiger charge is 2.40. The summed E-state index contributed by atoms with van der Waals surface area (Å²) < 4.78 is 35.4. The summed E-state index contributed by atoms with van der Waals surface area (Å²) >= 11 is 0. The molecular formula is C30H38O8. The summed E-state index contributed by atoms with van der Waals surface area (Å²) in [5.41, 5.74) is 1.89. The average molecular weight is 527 g/mol. The zero-order valence-corrected chi connectivity index (χ0v) is 22.2. The van der Waals surface area contributed by atoms with E-state index in [2.05, 4.69) is 13.2 Å². The topological polar surface area (TPSA) is 89.5 Å². The van der Waals surface area contributed by atoms with Crippen molar-refractivity contribution in [3.05, 3.63) is 97.1 Å². The lowest BCUT2D eigenvalue weighted by molar-refractivity contribution is -0.199. The van der Waals surface area contributed by atoms with E-state index >= 15 is 0 Å². The van der Waals surface area contributed by atoms with E-state index in [1.807, 2.05) is 60.7 Å².